The Morgan fingerprint density at radius 1 is 1.06 bits per heavy atom. The second-order valence-corrected chi connectivity index (χ2v) is 9.29. The van der Waals surface area contributed by atoms with Crippen LogP contribution in [0.4, 0.5) is 4.39 Å². The van der Waals surface area contributed by atoms with Gasteiger partial charge in [0.05, 0.1) is 13.7 Å². The molecular weight excluding hydrogens is 465 g/mol. The van der Waals surface area contributed by atoms with Crippen LogP contribution in [-0.2, 0) is 9.53 Å². The number of methoxy groups -OCH3 is 1. The second kappa shape index (κ2) is 10.7. The fraction of sp³-hybridized carbons (Fsp3) is 0.444. The summed E-state index contributed by atoms with van der Waals surface area (Å²) >= 11 is 0. The van der Waals surface area contributed by atoms with Crippen LogP contribution in [0.3, 0.4) is 0 Å². The van der Waals surface area contributed by atoms with Crippen LogP contribution in [0.15, 0.2) is 48.5 Å². The first-order valence-electron chi connectivity index (χ1n) is 12.2. The molecule has 0 radical (unpaired) electrons. The number of carbonyl (C=O) groups excluding carboxylic acids is 3. The first kappa shape index (κ1) is 25.6. The van der Waals surface area contributed by atoms with E-state index >= 15 is 0 Å². The molecule has 0 aliphatic carbocycles. The summed E-state index contributed by atoms with van der Waals surface area (Å²) in [6.07, 6.45) is 1.46. The maximum atomic E-state index is 13.7. The van der Waals surface area contributed by atoms with Gasteiger partial charge in [0, 0.05) is 43.1 Å². The van der Waals surface area contributed by atoms with Crippen molar-refractivity contribution in [2.24, 2.45) is 0 Å². The monoisotopic (exact) mass is 497 g/mol. The van der Waals surface area contributed by atoms with E-state index in [0.717, 1.165) is 6.42 Å². The Balaban J connectivity index is 1.55. The van der Waals surface area contributed by atoms with Crippen molar-refractivity contribution in [2.45, 2.75) is 50.9 Å². The Labute approximate surface area is 210 Å². The highest BCUT2D eigenvalue weighted by Crippen LogP contribution is 2.39. The average Bonchev–Trinajstić information content (AvgIpc) is 3.27. The smallest absolute Gasteiger partial charge is 0.256 e. The fourth-order valence-electron chi connectivity index (χ4n) is 4.71. The van der Waals surface area contributed by atoms with E-state index in [9.17, 15) is 18.8 Å². The highest BCUT2D eigenvalue weighted by atomic mass is 19.1. The Hall–Kier alpha value is -3.46. The molecule has 9 heteroatoms. The van der Waals surface area contributed by atoms with Crippen LogP contribution in [0.25, 0.3) is 0 Å². The molecule has 0 aromatic heterocycles. The molecule has 2 aromatic carbocycles. The molecule has 2 aromatic rings. The topological polar surface area (TPSA) is 88.2 Å². The maximum Gasteiger partial charge on any atom is 0.256 e. The minimum atomic E-state index is -1.03. The zero-order valence-electron chi connectivity index (χ0n) is 20.8. The predicted octanol–water partition coefficient (Wildman–Crippen LogP) is 3.22. The SMILES string of the molecule is CC[C@H](C)NC(=O)[C@H]1COC2(CCN(C(=O)c3ccc(OC)cc3)CC2)N1C(=O)c1ccc(F)cc1. The first-order valence-corrected chi connectivity index (χ1v) is 12.2. The molecule has 1 N–H and O–H groups in total. The number of amides is 3. The van der Waals surface area contributed by atoms with Crippen LogP contribution >= 0.6 is 0 Å². The molecule has 2 aliphatic heterocycles. The number of halogens is 1. The minimum absolute atomic E-state index is 0.0548. The third kappa shape index (κ3) is 5.06. The van der Waals surface area contributed by atoms with Gasteiger partial charge in [0.2, 0.25) is 5.91 Å². The maximum absolute atomic E-state index is 13.7. The molecule has 36 heavy (non-hydrogen) atoms. The summed E-state index contributed by atoms with van der Waals surface area (Å²) < 4.78 is 24.9. The van der Waals surface area contributed by atoms with Gasteiger partial charge in [-0.1, -0.05) is 6.92 Å². The molecular formula is C27H32FN3O5. The van der Waals surface area contributed by atoms with Gasteiger partial charge in [-0.3, -0.25) is 19.3 Å². The van der Waals surface area contributed by atoms with Crippen molar-refractivity contribution >= 4 is 17.7 Å². The van der Waals surface area contributed by atoms with Gasteiger partial charge in [0.1, 0.15) is 23.3 Å². The lowest BCUT2D eigenvalue weighted by atomic mass is 9.96. The number of nitrogens with zero attached hydrogens (tertiary/aromatic N) is 2. The van der Waals surface area contributed by atoms with Gasteiger partial charge >= 0.3 is 0 Å². The zero-order valence-corrected chi connectivity index (χ0v) is 20.8. The fourth-order valence-corrected chi connectivity index (χ4v) is 4.71. The summed E-state index contributed by atoms with van der Waals surface area (Å²) in [5.74, 6) is -0.580. The predicted molar refractivity (Wildman–Crippen MR) is 131 cm³/mol. The number of nitrogens with one attached hydrogen (secondary N) is 1. The van der Waals surface area contributed by atoms with Crippen molar-refractivity contribution in [3.63, 3.8) is 0 Å². The van der Waals surface area contributed by atoms with Crippen molar-refractivity contribution in [1.82, 2.24) is 15.1 Å². The van der Waals surface area contributed by atoms with Gasteiger partial charge in [0.15, 0.2) is 0 Å². The molecule has 0 saturated carbocycles. The lowest BCUT2D eigenvalue weighted by Gasteiger charge is -2.44. The lowest BCUT2D eigenvalue weighted by molar-refractivity contribution is -0.128. The molecule has 2 saturated heterocycles. The largest absolute Gasteiger partial charge is 0.497 e. The van der Waals surface area contributed by atoms with E-state index < -0.39 is 23.5 Å². The van der Waals surface area contributed by atoms with Gasteiger partial charge in [-0.05, 0) is 61.9 Å². The Kier molecular flexibility index (Phi) is 7.59. The summed E-state index contributed by atoms with van der Waals surface area (Å²) in [5, 5.41) is 2.95. The number of hydrogen-bond acceptors (Lipinski definition) is 5. The van der Waals surface area contributed by atoms with E-state index in [0.29, 0.717) is 37.2 Å². The molecule has 2 heterocycles. The van der Waals surface area contributed by atoms with Crippen LogP contribution in [-0.4, -0.2) is 72.1 Å². The molecule has 3 amide bonds. The second-order valence-electron chi connectivity index (χ2n) is 9.29. The van der Waals surface area contributed by atoms with E-state index in [4.69, 9.17) is 9.47 Å². The van der Waals surface area contributed by atoms with E-state index in [1.165, 1.54) is 29.2 Å². The first-order chi connectivity index (χ1) is 17.3. The van der Waals surface area contributed by atoms with Crippen LogP contribution in [0, 0.1) is 5.82 Å². The standard InChI is InChI=1S/C27H32FN3O5/c1-4-18(2)29-24(32)23-17-36-27(31(23)26(34)20-5-9-21(28)10-6-20)13-15-30(16-14-27)25(33)19-7-11-22(35-3)12-8-19/h5-12,18,23H,4,13-17H2,1-3H3,(H,29,32)/t18-,23+/m0/s1. The van der Waals surface area contributed by atoms with Crippen LogP contribution in [0.1, 0.15) is 53.8 Å². The van der Waals surface area contributed by atoms with Crippen LogP contribution < -0.4 is 10.1 Å². The van der Waals surface area contributed by atoms with E-state index in [2.05, 4.69) is 5.32 Å². The van der Waals surface area contributed by atoms with Crippen molar-refractivity contribution in [3.05, 3.63) is 65.5 Å². The third-order valence-electron chi connectivity index (χ3n) is 7.04. The average molecular weight is 498 g/mol. The molecule has 4 rings (SSSR count). The number of carbonyl (C=O) groups is 3. The van der Waals surface area contributed by atoms with E-state index in [-0.39, 0.29) is 30.0 Å². The summed E-state index contributed by atoms with van der Waals surface area (Å²) in [5.41, 5.74) is -0.205. The summed E-state index contributed by atoms with van der Waals surface area (Å²) in [6, 6.07) is 11.3. The van der Waals surface area contributed by atoms with Gasteiger partial charge in [-0.15, -0.1) is 0 Å². The molecule has 0 unspecified atom stereocenters. The Bertz CT molecular complexity index is 1100. The van der Waals surface area contributed by atoms with Crippen molar-refractivity contribution in [2.75, 3.05) is 26.8 Å². The summed E-state index contributed by atoms with van der Waals surface area (Å²) in [6.45, 7) is 4.64. The summed E-state index contributed by atoms with van der Waals surface area (Å²) in [4.78, 5) is 43.1. The molecule has 2 aliphatic rings. The van der Waals surface area contributed by atoms with Gasteiger partial charge in [0.25, 0.3) is 11.8 Å². The number of ether oxygens (including phenoxy) is 2. The quantitative estimate of drug-likeness (QED) is 0.662. The molecule has 1 spiro atoms. The number of benzene rings is 2. The van der Waals surface area contributed by atoms with Crippen molar-refractivity contribution in [3.8, 4) is 5.75 Å². The highest BCUT2D eigenvalue weighted by molar-refractivity contribution is 5.98. The molecule has 0 bridgehead atoms. The minimum Gasteiger partial charge on any atom is -0.497 e. The molecule has 2 atom stereocenters. The van der Waals surface area contributed by atoms with Gasteiger partial charge < -0.3 is 19.7 Å². The van der Waals surface area contributed by atoms with Crippen molar-refractivity contribution < 1.29 is 28.2 Å². The third-order valence-corrected chi connectivity index (χ3v) is 7.04. The number of rotatable bonds is 6. The van der Waals surface area contributed by atoms with Gasteiger partial charge in [-0.25, -0.2) is 4.39 Å². The van der Waals surface area contributed by atoms with E-state index in [1.54, 1.807) is 36.3 Å². The molecule has 2 fully saturated rings. The van der Waals surface area contributed by atoms with Crippen LogP contribution in [0.5, 0.6) is 5.75 Å². The number of piperidine rings is 1. The molecule has 192 valence electrons. The Morgan fingerprint density at radius 3 is 2.22 bits per heavy atom. The Morgan fingerprint density at radius 2 is 1.64 bits per heavy atom. The summed E-state index contributed by atoms with van der Waals surface area (Å²) in [7, 11) is 1.57. The van der Waals surface area contributed by atoms with Crippen LogP contribution in [0.2, 0.25) is 0 Å². The van der Waals surface area contributed by atoms with Gasteiger partial charge in [-0.2, -0.15) is 0 Å². The normalized spacial score (nSPS) is 19.7. The highest BCUT2D eigenvalue weighted by Gasteiger charge is 2.54. The molecule has 8 nitrogen and oxygen atoms in total. The lowest BCUT2D eigenvalue weighted by Crippen LogP contribution is -2.60. The number of hydrogen-bond donors (Lipinski definition) is 1. The zero-order chi connectivity index (χ0) is 25.9. The number of likely N-dealkylation sites (tertiary alicyclic amines) is 1. The van der Waals surface area contributed by atoms with E-state index in [1.807, 2.05) is 13.8 Å². The van der Waals surface area contributed by atoms with Crippen molar-refractivity contribution in [1.29, 1.82) is 0 Å².